The number of anilines is 1. The third kappa shape index (κ3) is 3.50. The number of hydrogen-bond donors (Lipinski definition) is 1. The highest BCUT2D eigenvalue weighted by Gasteiger charge is 2.17. The highest BCUT2D eigenvalue weighted by Crippen LogP contribution is 2.22. The smallest absolute Gasteiger partial charge is 0.254 e. The fourth-order valence-corrected chi connectivity index (χ4v) is 2.05. The van der Waals surface area contributed by atoms with E-state index in [0.717, 1.165) is 35.6 Å². The molecule has 1 heterocycles. The number of benzene rings is 1. The van der Waals surface area contributed by atoms with Gasteiger partial charge in [-0.15, -0.1) is 0 Å². The van der Waals surface area contributed by atoms with Crippen LogP contribution < -0.4 is 10.1 Å². The highest BCUT2D eigenvalue weighted by atomic mass is 16.5. The van der Waals surface area contributed by atoms with Crippen molar-refractivity contribution < 1.29 is 14.3 Å². The number of ether oxygens (including phenoxy) is 2. The summed E-state index contributed by atoms with van der Waals surface area (Å²) in [6.07, 6.45) is 1.65. The largest absolute Gasteiger partial charge is 0.498 e. The number of allylic oxidation sites excluding steroid dienone is 1. The molecular formula is C15H19NO3. The van der Waals surface area contributed by atoms with Gasteiger partial charge in [0.2, 0.25) is 0 Å². The lowest BCUT2D eigenvalue weighted by molar-refractivity contribution is -0.113. The average molecular weight is 261 g/mol. The molecular weight excluding hydrogens is 242 g/mol. The van der Waals surface area contributed by atoms with Crippen LogP contribution in [0.15, 0.2) is 35.6 Å². The van der Waals surface area contributed by atoms with Gasteiger partial charge in [-0.25, -0.2) is 0 Å². The maximum absolute atomic E-state index is 12.2. The topological polar surface area (TPSA) is 47.6 Å². The summed E-state index contributed by atoms with van der Waals surface area (Å²) in [7, 11) is 0. The lowest BCUT2D eigenvalue weighted by Gasteiger charge is -2.18. The van der Waals surface area contributed by atoms with Gasteiger partial charge in [-0.1, -0.05) is 6.07 Å². The van der Waals surface area contributed by atoms with E-state index in [0.29, 0.717) is 13.2 Å². The lowest BCUT2D eigenvalue weighted by atomic mass is 10.1. The van der Waals surface area contributed by atoms with E-state index in [1.807, 2.05) is 38.1 Å². The maximum Gasteiger partial charge on any atom is 0.254 e. The van der Waals surface area contributed by atoms with Gasteiger partial charge in [0.1, 0.15) is 11.5 Å². The molecule has 0 fully saturated rings. The molecule has 0 spiro atoms. The van der Waals surface area contributed by atoms with Crippen molar-refractivity contribution in [3.8, 4) is 5.75 Å². The quantitative estimate of drug-likeness (QED) is 0.906. The van der Waals surface area contributed by atoms with Crippen molar-refractivity contribution in [3.05, 3.63) is 35.6 Å². The monoisotopic (exact) mass is 261 g/mol. The first-order valence-corrected chi connectivity index (χ1v) is 6.57. The molecule has 1 aliphatic rings. The zero-order valence-electron chi connectivity index (χ0n) is 11.4. The standard InChI is InChI=1S/C15H19NO3/c1-3-18-13-7-4-6-12(10-13)16-15(17)14-8-5-9-19-11(14)2/h4,6-7,10H,3,5,8-9H2,1-2H3,(H,16,17). The average Bonchev–Trinajstić information content (AvgIpc) is 2.40. The van der Waals surface area contributed by atoms with Crippen LogP contribution in [0.5, 0.6) is 5.75 Å². The van der Waals surface area contributed by atoms with Gasteiger partial charge in [-0.2, -0.15) is 0 Å². The molecule has 19 heavy (non-hydrogen) atoms. The van der Waals surface area contributed by atoms with Gasteiger partial charge in [0.05, 0.1) is 18.8 Å². The predicted molar refractivity (Wildman–Crippen MR) is 74.1 cm³/mol. The zero-order chi connectivity index (χ0) is 13.7. The van der Waals surface area contributed by atoms with Crippen molar-refractivity contribution in [1.29, 1.82) is 0 Å². The van der Waals surface area contributed by atoms with Crippen LogP contribution in [0.25, 0.3) is 0 Å². The summed E-state index contributed by atoms with van der Waals surface area (Å²) in [5.41, 5.74) is 1.47. The first-order valence-electron chi connectivity index (χ1n) is 6.57. The molecule has 0 radical (unpaired) electrons. The third-order valence-electron chi connectivity index (χ3n) is 2.99. The SMILES string of the molecule is CCOc1cccc(NC(=O)C2=C(C)OCCC2)c1. The molecule has 0 aromatic heterocycles. The van der Waals surface area contributed by atoms with E-state index in [-0.39, 0.29) is 5.91 Å². The van der Waals surface area contributed by atoms with Crippen LogP contribution in [0.1, 0.15) is 26.7 Å². The Hall–Kier alpha value is -1.97. The molecule has 1 aromatic rings. The fourth-order valence-electron chi connectivity index (χ4n) is 2.05. The van der Waals surface area contributed by atoms with E-state index in [1.54, 1.807) is 0 Å². The summed E-state index contributed by atoms with van der Waals surface area (Å²) in [6, 6.07) is 7.40. The molecule has 102 valence electrons. The number of carbonyl (C=O) groups excluding carboxylic acids is 1. The normalized spacial score (nSPS) is 14.8. The minimum atomic E-state index is -0.0918. The Morgan fingerprint density at radius 2 is 2.32 bits per heavy atom. The van der Waals surface area contributed by atoms with Gasteiger partial charge in [-0.05, 0) is 38.8 Å². The van der Waals surface area contributed by atoms with Crippen LogP contribution >= 0.6 is 0 Å². The Morgan fingerprint density at radius 3 is 3.05 bits per heavy atom. The molecule has 0 bridgehead atoms. The van der Waals surface area contributed by atoms with Crippen molar-refractivity contribution in [2.24, 2.45) is 0 Å². The first kappa shape index (κ1) is 13.5. The minimum absolute atomic E-state index is 0.0918. The van der Waals surface area contributed by atoms with E-state index in [2.05, 4.69) is 5.32 Å². The van der Waals surface area contributed by atoms with E-state index in [1.165, 1.54) is 0 Å². The predicted octanol–water partition coefficient (Wildman–Crippen LogP) is 3.11. The van der Waals surface area contributed by atoms with E-state index in [9.17, 15) is 4.79 Å². The molecule has 4 nitrogen and oxygen atoms in total. The van der Waals surface area contributed by atoms with Crippen LogP contribution in [0, 0.1) is 0 Å². The molecule has 1 N–H and O–H groups in total. The van der Waals surface area contributed by atoms with Crippen molar-refractivity contribution in [2.45, 2.75) is 26.7 Å². The third-order valence-corrected chi connectivity index (χ3v) is 2.99. The fraction of sp³-hybridized carbons (Fsp3) is 0.400. The van der Waals surface area contributed by atoms with Gasteiger partial charge in [0.15, 0.2) is 0 Å². The zero-order valence-corrected chi connectivity index (χ0v) is 11.4. The van der Waals surface area contributed by atoms with Gasteiger partial charge in [0.25, 0.3) is 5.91 Å². The molecule has 1 aromatic carbocycles. The molecule has 0 atom stereocenters. The number of amides is 1. The summed E-state index contributed by atoms with van der Waals surface area (Å²) < 4.78 is 10.8. The minimum Gasteiger partial charge on any atom is -0.498 e. The second kappa shape index (κ2) is 6.27. The van der Waals surface area contributed by atoms with Crippen LogP contribution in [0.4, 0.5) is 5.69 Å². The summed E-state index contributed by atoms with van der Waals surface area (Å²) in [5, 5.41) is 2.88. The Balaban J connectivity index is 2.08. The van der Waals surface area contributed by atoms with Crippen molar-refractivity contribution in [3.63, 3.8) is 0 Å². The Labute approximate surface area is 113 Å². The molecule has 0 saturated heterocycles. The second-order valence-corrected chi connectivity index (χ2v) is 4.40. The number of nitrogens with one attached hydrogen (secondary N) is 1. The van der Waals surface area contributed by atoms with E-state index < -0.39 is 0 Å². The Kier molecular flexibility index (Phi) is 4.44. The Morgan fingerprint density at radius 1 is 1.47 bits per heavy atom. The second-order valence-electron chi connectivity index (χ2n) is 4.40. The van der Waals surface area contributed by atoms with Crippen LogP contribution in [-0.4, -0.2) is 19.1 Å². The van der Waals surface area contributed by atoms with Gasteiger partial charge >= 0.3 is 0 Å². The summed E-state index contributed by atoms with van der Waals surface area (Å²) in [6.45, 7) is 5.07. The molecule has 4 heteroatoms. The van der Waals surface area contributed by atoms with E-state index >= 15 is 0 Å². The number of carbonyl (C=O) groups is 1. The molecule has 1 aliphatic heterocycles. The molecule has 0 saturated carbocycles. The molecule has 2 rings (SSSR count). The summed E-state index contributed by atoms with van der Waals surface area (Å²) in [4.78, 5) is 12.2. The van der Waals surface area contributed by atoms with E-state index in [4.69, 9.17) is 9.47 Å². The first-order chi connectivity index (χ1) is 9.20. The van der Waals surface area contributed by atoms with Crippen molar-refractivity contribution in [2.75, 3.05) is 18.5 Å². The summed E-state index contributed by atoms with van der Waals surface area (Å²) in [5.74, 6) is 1.39. The van der Waals surface area contributed by atoms with Gasteiger partial charge in [-0.3, -0.25) is 4.79 Å². The molecule has 0 unspecified atom stereocenters. The number of rotatable bonds is 4. The van der Waals surface area contributed by atoms with Crippen molar-refractivity contribution >= 4 is 11.6 Å². The summed E-state index contributed by atoms with van der Waals surface area (Å²) >= 11 is 0. The maximum atomic E-state index is 12.2. The van der Waals surface area contributed by atoms with Crippen molar-refractivity contribution in [1.82, 2.24) is 0 Å². The van der Waals surface area contributed by atoms with Gasteiger partial charge < -0.3 is 14.8 Å². The van der Waals surface area contributed by atoms with Gasteiger partial charge in [0, 0.05) is 11.8 Å². The number of hydrogen-bond acceptors (Lipinski definition) is 3. The molecule has 1 amide bonds. The molecule has 0 aliphatic carbocycles. The lowest BCUT2D eigenvalue weighted by Crippen LogP contribution is -2.19. The Bertz CT molecular complexity index is 494. The van der Waals surface area contributed by atoms with Crippen LogP contribution in [0.2, 0.25) is 0 Å². The van der Waals surface area contributed by atoms with Crippen LogP contribution in [0.3, 0.4) is 0 Å². The van der Waals surface area contributed by atoms with Crippen LogP contribution in [-0.2, 0) is 9.53 Å². The highest BCUT2D eigenvalue weighted by molar-refractivity contribution is 6.04.